The molecule has 102 valence electrons. The molecule has 2 N–H and O–H groups in total. The van der Waals surface area contributed by atoms with Crippen molar-refractivity contribution < 1.29 is 4.74 Å². The molecule has 0 saturated heterocycles. The van der Waals surface area contributed by atoms with Gasteiger partial charge in [0.25, 0.3) is 0 Å². The number of ether oxygens (including phenoxy) is 1. The normalized spacial score (nSPS) is 12.7. The van der Waals surface area contributed by atoms with Gasteiger partial charge in [0.1, 0.15) is 5.75 Å². The second-order valence-electron chi connectivity index (χ2n) is 4.94. The Hall–Kier alpha value is -1.06. The number of benzene rings is 1. The zero-order valence-electron chi connectivity index (χ0n) is 11.9. The lowest BCUT2D eigenvalue weighted by atomic mass is 10.0. The summed E-state index contributed by atoms with van der Waals surface area (Å²) in [5, 5.41) is 0. The van der Waals surface area contributed by atoms with E-state index in [0.717, 1.165) is 25.4 Å². The summed E-state index contributed by atoms with van der Waals surface area (Å²) in [6.45, 7) is 5.02. The minimum Gasteiger partial charge on any atom is -0.497 e. The van der Waals surface area contributed by atoms with Gasteiger partial charge in [-0.2, -0.15) is 0 Å². The molecule has 0 radical (unpaired) electrons. The third-order valence-electron chi connectivity index (χ3n) is 3.21. The van der Waals surface area contributed by atoms with Gasteiger partial charge in [-0.15, -0.1) is 0 Å². The van der Waals surface area contributed by atoms with Crippen molar-refractivity contribution in [2.75, 3.05) is 27.2 Å². The third kappa shape index (κ3) is 5.07. The van der Waals surface area contributed by atoms with E-state index >= 15 is 0 Å². The molecule has 0 heterocycles. The van der Waals surface area contributed by atoms with Gasteiger partial charge in [-0.05, 0) is 43.6 Å². The molecule has 0 aromatic heterocycles. The van der Waals surface area contributed by atoms with Crippen LogP contribution in [0.2, 0.25) is 0 Å². The van der Waals surface area contributed by atoms with Crippen molar-refractivity contribution in [1.29, 1.82) is 0 Å². The van der Waals surface area contributed by atoms with Gasteiger partial charge in [0, 0.05) is 13.1 Å². The van der Waals surface area contributed by atoms with Crippen molar-refractivity contribution in [1.82, 2.24) is 4.90 Å². The van der Waals surface area contributed by atoms with Crippen molar-refractivity contribution >= 4 is 0 Å². The highest BCUT2D eigenvalue weighted by Crippen LogP contribution is 2.14. The molecule has 1 atom stereocenters. The van der Waals surface area contributed by atoms with E-state index in [0.29, 0.717) is 5.92 Å². The van der Waals surface area contributed by atoms with Crippen LogP contribution < -0.4 is 10.5 Å². The lowest BCUT2D eigenvalue weighted by Gasteiger charge is -2.22. The van der Waals surface area contributed by atoms with Crippen molar-refractivity contribution in [3.63, 3.8) is 0 Å². The fourth-order valence-electron chi connectivity index (χ4n) is 2.24. The molecule has 0 amide bonds. The van der Waals surface area contributed by atoms with Gasteiger partial charge in [0.05, 0.1) is 7.11 Å². The van der Waals surface area contributed by atoms with Gasteiger partial charge in [-0.3, -0.25) is 0 Å². The molecule has 3 nitrogen and oxygen atoms in total. The molecule has 0 saturated carbocycles. The van der Waals surface area contributed by atoms with E-state index in [2.05, 4.69) is 31.0 Å². The van der Waals surface area contributed by atoms with Gasteiger partial charge in [-0.25, -0.2) is 0 Å². The first-order valence-electron chi connectivity index (χ1n) is 6.71. The van der Waals surface area contributed by atoms with E-state index in [1.807, 2.05) is 12.1 Å². The zero-order chi connectivity index (χ0) is 13.4. The van der Waals surface area contributed by atoms with Gasteiger partial charge in [0.15, 0.2) is 0 Å². The topological polar surface area (TPSA) is 38.5 Å². The van der Waals surface area contributed by atoms with Crippen molar-refractivity contribution in [2.45, 2.75) is 26.3 Å². The first-order chi connectivity index (χ1) is 8.69. The van der Waals surface area contributed by atoms with Crippen LogP contribution in [-0.4, -0.2) is 32.1 Å². The van der Waals surface area contributed by atoms with E-state index in [9.17, 15) is 0 Å². The smallest absolute Gasteiger partial charge is 0.118 e. The Balaban J connectivity index is 2.44. The molecule has 0 fully saturated rings. The highest BCUT2D eigenvalue weighted by molar-refractivity contribution is 5.27. The molecule has 1 aromatic rings. The summed E-state index contributed by atoms with van der Waals surface area (Å²) < 4.78 is 5.16. The highest BCUT2D eigenvalue weighted by atomic mass is 16.5. The van der Waals surface area contributed by atoms with Crippen LogP contribution in [-0.2, 0) is 6.54 Å². The minimum absolute atomic E-state index is 0.609. The molecule has 0 aliphatic rings. The summed E-state index contributed by atoms with van der Waals surface area (Å²) in [6, 6.07) is 8.25. The summed E-state index contributed by atoms with van der Waals surface area (Å²) >= 11 is 0. The van der Waals surface area contributed by atoms with E-state index in [4.69, 9.17) is 10.5 Å². The number of methoxy groups -OCH3 is 1. The number of hydrogen-bond acceptors (Lipinski definition) is 3. The maximum Gasteiger partial charge on any atom is 0.118 e. The quantitative estimate of drug-likeness (QED) is 0.770. The van der Waals surface area contributed by atoms with E-state index in [1.54, 1.807) is 7.11 Å². The van der Waals surface area contributed by atoms with Crippen LogP contribution in [0.3, 0.4) is 0 Å². The fourth-order valence-corrected chi connectivity index (χ4v) is 2.24. The Morgan fingerprint density at radius 2 is 1.94 bits per heavy atom. The maximum atomic E-state index is 5.80. The average Bonchev–Trinajstić information content (AvgIpc) is 2.39. The molecule has 0 aliphatic heterocycles. The van der Waals surface area contributed by atoms with E-state index in [-0.39, 0.29) is 0 Å². The Morgan fingerprint density at radius 1 is 1.28 bits per heavy atom. The molecule has 18 heavy (non-hydrogen) atoms. The maximum absolute atomic E-state index is 5.80. The molecule has 0 aliphatic carbocycles. The molecule has 0 bridgehead atoms. The molecule has 1 unspecified atom stereocenters. The minimum atomic E-state index is 0.609. The average molecular weight is 250 g/mol. The van der Waals surface area contributed by atoms with Gasteiger partial charge in [0.2, 0.25) is 0 Å². The fraction of sp³-hybridized carbons (Fsp3) is 0.600. The Morgan fingerprint density at radius 3 is 2.44 bits per heavy atom. The predicted octanol–water partition coefficient (Wildman–Crippen LogP) is 2.50. The lowest BCUT2D eigenvalue weighted by molar-refractivity contribution is 0.263. The summed E-state index contributed by atoms with van der Waals surface area (Å²) in [4.78, 5) is 2.34. The molecule has 3 heteroatoms. The first-order valence-corrected chi connectivity index (χ1v) is 6.71. The van der Waals surface area contributed by atoms with Gasteiger partial charge in [-0.1, -0.05) is 25.5 Å². The third-order valence-corrected chi connectivity index (χ3v) is 3.21. The molecule has 1 rings (SSSR count). The van der Waals surface area contributed by atoms with Gasteiger partial charge < -0.3 is 15.4 Å². The van der Waals surface area contributed by atoms with Gasteiger partial charge >= 0.3 is 0 Å². The van der Waals surface area contributed by atoms with E-state index < -0.39 is 0 Å². The second-order valence-corrected chi connectivity index (χ2v) is 4.94. The SMILES string of the molecule is CCCC(CN)CN(C)Cc1ccc(OC)cc1. The largest absolute Gasteiger partial charge is 0.497 e. The zero-order valence-corrected chi connectivity index (χ0v) is 11.9. The number of nitrogens with two attached hydrogens (primary N) is 1. The number of nitrogens with zero attached hydrogens (tertiary/aromatic N) is 1. The lowest BCUT2D eigenvalue weighted by Crippen LogP contribution is -2.29. The Labute approximate surface area is 111 Å². The van der Waals surface area contributed by atoms with Crippen LogP contribution >= 0.6 is 0 Å². The molecule has 1 aromatic carbocycles. The Bertz CT molecular complexity index is 324. The number of hydrogen-bond donors (Lipinski definition) is 1. The van der Waals surface area contributed by atoms with Crippen LogP contribution in [0.25, 0.3) is 0 Å². The number of rotatable bonds is 8. The van der Waals surface area contributed by atoms with Crippen LogP contribution in [0.4, 0.5) is 0 Å². The van der Waals surface area contributed by atoms with Crippen molar-refractivity contribution in [3.8, 4) is 5.75 Å². The highest BCUT2D eigenvalue weighted by Gasteiger charge is 2.09. The predicted molar refractivity (Wildman–Crippen MR) is 76.8 cm³/mol. The summed E-state index contributed by atoms with van der Waals surface area (Å²) in [5.41, 5.74) is 7.11. The second kappa shape index (κ2) is 8.11. The first kappa shape index (κ1) is 15.0. The van der Waals surface area contributed by atoms with Crippen LogP contribution in [0.15, 0.2) is 24.3 Å². The molecular formula is C15H26N2O. The van der Waals surface area contributed by atoms with E-state index in [1.165, 1.54) is 18.4 Å². The molecular weight excluding hydrogens is 224 g/mol. The summed E-state index contributed by atoms with van der Waals surface area (Å²) in [7, 11) is 3.85. The van der Waals surface area contributed by atoms with Crippen LogP contribution in [0.5, 0.6) is 5.75 Å². The summed E-state index contributed by atoms with van der Waals surface area (Å²) in [5.74, 6) is 1.52. The van der Waals surface area contributed by atoms with Crippen LogP contribution in [0.1, 0.15) is 25.3 Å². The van der Waals surface area contributed by atoms with Crippen LogP contribution in [0, 0.1) is 5.92 Å². The van der Waals surface area contributed by atoms with Crippen molar-refractivity contribution in [3.05, 3.63) is 29.8 Å². The Kier molecular flexibility index (Phi) is 6.76. The molecule has 0 spiro atoms. The van der Waals surface area contributed by atoms with Crippen molar-refractivity contribution in [2.24, 2.45) is 11.7 Å². The summed E-state index contributed by atoms with van der Waals surface area (Å²) in [6.07, 6.45) is 2.42. The standard InChI is InChI=1S/C15H26N2O/c1-4-5-14(10-16)12-17(2)11-13-6-8-15(18-3)9-7-13/h6-9,14H,4-5,10-12,16H2,1-3H3. The monoisotopic (exact) mass is 250 g/mol.